The van der Waals surface area contributed by atoms with Crippen molar-refractivity contribution in [2.24, 2.45) is 5.92 Å². The summed E-state index contributed by atoms with van der Waals surface area (Å²) < 4.78 is 5.83. The third kappa shape index (κ3) is 2.34. The van der Waals surface area contributed by atoms with E-state index in [0.717, 1.165) is 17.8 Å². The van der Waals surface area contributed by atoms with Gasteiger partial charge >= 0.3 is 0 Å². The van der Waals surface area contributed by atoms with E-state index in [1.54, 1.807) is 0 Å². The molecule has 3 atom stereocenters. The Morgan fingerprint density at radius 1 is 1.33 bits per heavy atom. The van der Waals surface area contributed by atoms with Crippen molar-refractivity contribution in [1.29, 1.82) is 0 Å². The lowest BCUT2D eigenvalue weighted by atomic mass is 10.0. The minimum atomic E-state index is 0.321. The standard InChI is InChI=1S/C12H23NOS/c1-5-14-10-8-15-11-7-13(6-9(10)11)12(2,3)4/h9-11H,5-8H2,1-4H3. The van der Waals surface area contributed by atoms with Crippen LogP contribution in [-0.4, -0.2) is 47.2 Å². The van der Waals surface area contributed by atoms with Gasteiger partial charge in [-0.05, 0) is 27.7 Å². The molecule has 2 saturated heterocycles. The monoisotopic (exact) mass is 229 g/mol. The summed E-state index contributed by atoms with van der Waals surface area (Å²) in [5, 5.41) is 0.820. The fourth-order valence-electron chi connectivity index (χ4n) is 2.61. The second kappa shape index (κ2) is 4.27. The minimum Gasteiger partial charge on any atom is -0.377 e. The molecule has 0 N–H and O–H groups in total. The van der Waals surface area contributed by atoms with Crippen molar-refractivity contribution in [3.05, 3.63) is 0 Å². The van der Waals surface area contributed by atoms with Crippen molar-refractivity contribution in [3.8, 4) is 0 Å². The van der Waals surface area contributed by atoms with Gasteiger partial charge in [0, 0.05) is 42.2 Å². The van der Waals surface area contributed by atoms with Gasteiger partial charge in [-0.1, -0.05) is 0 Å². The molecule has 0 spiro atoms. The van der Waals surface area contributed by atoms with Crippen molar-refractivity contribution in [2.45, 2.75) is 44.6 Å². The smallest absolute Gasteiger partial charge is 0.0716 e. The lowest BCUT2D eigenvalue weighted by Gasteiger charge is -2.32. The van der Waals surface area contributed by atoms with E-state index < -0.39 is 0 Å². The number of hydrogen-bond acceptors (Lipinski definition) is 3. The van der Waals surface area contributed by atoms with Crippen molar-refractivity contribution in [3.63, 3.8) is 0 Å². The van der Waals surface area contributed by atoms with Gasteiger partial charge in [0.25, 0.3) is 0 Å². The Kier molecular flexibility index (Phi) is 3.34. The molecular formula is C12H23NOS. The number of nitrogens with zero attached hydrogens (tertiary/aromatic N) is 1. The maximum absolute atomic E-state index is 5.83. The van der Waals surface area contributed by atoms with Crippen LogP contribution >= 0.6 is 11.8 Å². The molecule has 0 radical (unpaired) electrons. The van der Waals surface area contributed by atoms with E-state index in [4.69, 9.17) is 4.74 Å². The SMILES string of the molecule is CCOC1CSC2CN(C(C)(C)C)CC12. The number of fused-ring (bicyclic) bond motifs is 1. The average Bonchev–Trinajstić information content (AvgIpc) is 2.65. The molecule has 0 aromatic carbocycles. The first-order valence-electron chi connectivity index (χ1n) is 6.00. The van der Waals surface area contributed by atoms with Gasteiger partial charge in [-0.3, -0.25) is 4.90 Å². The molecule has 2 nitrogen and oxygen atoms in total. The van der Waals surface area contributed by atoms with Crippen LogP contribution in [0.25, 0.3) is 0 Å². The summed E-state index contributed by atoms with van der Waals surface area (Å²) in [6.45, 7) is 12.4. The molecule has 0 bridgehead atoms. The van der Waals surface area contributed by atoms with Crippen LogP contribution in [0.5, 0.6) is 0 Å². The molecule has 2 aliphatic heterocycles. The number of thioether (sulfide) groups is 1. The first kappa shape index (κ1) is 11.7. The molecule has 3 unspecified atom stereocenters. The molecule has 0 aromatic heterocycles. The van der Waals surface area contributed by atoms with E-state index >= 15 is 0 Å². The summed E-state index contributed by atoms with van der Waals surface area (Å²) in [6.07, 6.45) is 0.511. The van der Waals surface area contributed by atoms with Crippen LogP contribution in [0.1, 0.15) is 27.7 Å². The summed E-state index contributed by atoms with van der Waals surface area (Å²) in [6, 6.07) is 0. The first-order chi connectivity index (χ1) is 7.02. The van der Waals surface area contributed by atoms with E-state index in [1.807, 2.05) is 0 Å². The van der Waals surface area contributed by atoms with E-state index in [1.165, 1.54) is 18.8 Å². The van der Waals surface area contributed by atoms with Crippen LogP contribution in [-0.2, 0) is 4.74 Å². The molecule has 0 aliphatic carbocycles. The lowest BCUT2D eigenvalue weighted by molar-refractivity contribution is 0.0407. The highest BCUT2D eigenvalue weighted by Gasteiger charge is 2.46. The topological polar surface area (TPSA) is 12.5 Å². The summed E-state index contributed by atoms with van der Waals surface area (Å²) in [5.74, 6) is 1.98. The van der Waals surface area contributed by atoms with Gasteiger partial charge in [0.2, 0.25) is 0 Å². The fourth-order valence-corrected chi connectivity index (χ4v) is 4.18. The number of ether oxygens (including phenoxy) is 1. The molecular weight excluding hydrogens is 206 g/mol. The fraction of sp³-hybridized carbons (Fsp3) is 1.00. The Morgan fingerprint density at radius 3 is 2.67 bits per heavy atom. The van der Waals surface area contributed by atoms with Crippen molar-refractivity contribution in [1.82, 2.24) is 4.90 Å². The van der Waals surface area contributed by atoms with Crippen LogP contribution in [0.15, 0.2) is 0 Å². The van der Waals surface area contributed by atoms with Gasteiger partial charge in [0.05, 0.1) is 6.10 Å². The molecule has 2 heterocycles. The lowest BCUT2D eigenvalue weighted by Crippen LogP contribution is -2.41. The van der Waals surface area contributed by atoms with Crippen LogP contribution in [0.2, 0.25) is 0 Å². The van der Waals surface area contributed by atoms with Gasteiger partial charge in [0.15, 0.2) is 0 Å². The molecule has 0 amide bonds. The molecule has 3 heteroatoms. The highest BCUT2D eigenvalue weighted by Crippen LogP contribution is 2.41. The average molecular weight is 229 g/mol. The molecule has 88 valence electrons. The third-order valence-electron chi connectivity index (χ3n) is 3.59. The van der Waals surface area contributed by atoms with Crippen LogP contribution in [0.4, 0.5) is 0 Å². The zero-order chi connectivity index (χ0) is 11.1. The molecule has 15 heavy (non-hydrogen) atoms. The minimum absolute atomic E-state index is 0.321. The molecule has 2 rings (SSSR count). The van der Waals surface area contributed by atoms with Gasteiger partial charge < -0.3 is 4.74 Å². The predicted molar refractivity (Wildman–Crippen MR) is 66.5 cm³/mol. The Morgan fingerprint density at radius 2 is 2.07 bits per heavy atom. The highest BCUT2D eigenvalue weighted by molar-refractivity contribution is 8.00. The zero-order valence-corrected chi connectivity index (χ0v) is 11.1. The van der Waals surface area contributed by atoms with Gasteiger partial charge in [-0.25, -0.2) is 0 Å². The summed E-state index contributed by atoms with van der Waals surface area (Å²) >= 11 is 2.11. The first-order valence-corrected chi connectivity index (χ1v) is 7.05. The van der Waals surface area contributed by atoms with E-state index in [9.17, 15) is 0 Å². The Balaban J connectivity index is 1.97. The second-order valence-electron chi connectivity index (χ2n) is 5.61. The summed E-state index contributed by atoms with van der Waals surface area (Å²) in [7, 11) is 0. The number of rotatable bonds is 2. The van der Waals surface area contributed by atoms with Gasteiger partial charge in [-0.15, -0.1) is 0 Å². The van der Waals surface area contributed by atoms with Crippen molar-refractivity contribution >= 4 is 11.8 Å². The Hall–Kier alpha value is 0.270. The summed E-state index contributed by atoms with van der Waals surface area (Å²) in [4.78, 5) is 2.61. The van der Waals surface area contributed by atoms with E-state index in [2.05, 4.69) is 44.4 Å². The normalized spacial score (nSPS) is 37.2. The van der Waals surface area contributed by atoms with Crippen LogP contribution < -0.4 is 0 Å². The summed E-state index contributed by atoms with van der Waals surface area (Å²) in [5.41, 5.74) is 0.321. The van der Waals surface area contributed by atoms with Gasteiger partial charge in [-0.2, -0.15) is 11.8 Å². The zero-order valence-electron chi connectivity index (χ0n) is 10.3. The van der Waals surface area contributed by atoms with Crippen LogP contribution in [0, 0.1) is 5.92 Å². The Labute approximate surface area is 97.7 Å². The van der Waals surface area contributed by atoms with Crippen molar-refractivity contribution < 1.29 is 4.74 Å². The van der Waals surface area contributed by atoms with Crippen LogP contribution in [0.3, 0.4) is 0 Å². The second-order valence-corrected chi connectivity index (χ2v) is 6.88. The maximum Gasteiger partial charge on any atom is 0.0716 e. The molecule has 2 fully saturated rings. The quantitative estimate of drug-likeness (QED) is 0.720. The molecule has 0 aromatic rings. The van der Waals surface area contributed by atoms with E-state index in [-0.39, 0.29) is 0 Å². The largest absolute Gasteiger partial charge is 0.377 e. The molecule has 2 aliphatic rings. The van der Waals surface area contributed by atoms with E-state index in [0.29, 0.717) is 11.6 Å². The van der Waals surface area contributed by atoms with Gasteiger partial charge in [0.1, 0.15) is 0 Å². The molecule has 0 saturated carbocycles. The Bertz CT molecular complexity index is 224. The third-order valence-corrected chi connectivity index (χ3v) is 5.04. The predicted octanol–water partition coefficient (Wildman–Crippen LogP) is 2.24. The number of hydrogen-bond donors (Lipinski definition) is 0. The number of likely N-dealkylation sites (tertiary alicyclic amines) is 1. The van der Waals surface area contributed by atoms with Crippen molar-refractivity contribution in [2.75, 3.05) is 25.4 Å². The maximum atomic E-state index is 5.83. The highest BCUT2D eigenvalue weighted by atomic mass is 32.2.